The number of carbonyl (C=O) groups is 2. The molecule has 10 heteroatoms. The maximum atomic E-state index is 12.8. The van der Waals surface area contributed by atoms with Crippen molar-refractivity contribution in [3.63, 3.8) is 0 Å². The van der Waals surface area contributed by atoms with Crippen molar-refractivity contribution in [2.75, 3.05) is 51.8 Å². The van der Waals surface area contributed by atoms with Crippen molar-refractivity contribution >= 4 is 17.9 Å². The molecule has 0 radical (unpaired) electrons. The van der Waals surface area contributed by atoms with Crippen molar-refractivity contribution in [3.05, 3.63) is 59.6 Å². The van der Waals surface area contributed by atoms with Crippen LogP contribution in [0, 0.1) is 0 Å². The van der Waals surface area contributed by atoms with Gasteiger partial charge in [0.25, 0.3) is 0 Å². The van der Waals surface area contributed by atoms with Crippen LogP contribution in [0.1, 0.15) is 11.6 Å². The molecule has 168 valence electrons. The lowest BCUT2D eigenvalue weighted by molar-refractivity contribution is -0.136. The molecule has 2 aromatic rings. The van der Waals surface area contributed by atoms with Crippen LogP contribution in [0.4, 0.5) is 10.7 Å². The molecular formula is C22H26N6O4. The van der Waals surface area contributed by atoms with E-state index in [0.717, 1.165) is 31.7 Å². The van der Waals surface area contributed by atoms with Gasteiger partial charge in [0.2, 0.25) is 5.95 Å². The van der Waals surface area contributed by atoms with Crippen molar-refractivity contribution < 1.29 is 19.1 Å². The Hall–Kier alpha value is -3.66. The van der Waals surface area contributed by atoms with Gasteiger partial charge in [-0.2, -0.15) is 0 Å². The summed E-state index contributed by atoms with van der Waals surface area (Å²) in [4.78, 5) is 38.1. The summed E-state index contributed by atoms with van der Waals surface area (Å²) < 4.78 is 10.4. The second kappa shape index (κ2) is 9.65. The van der Waals surface area contributed by atoms with Crippen LogP contribution in [0.15, 0.2) is 54.0 Å². The Kier molecular flexibility index (Phi) is 6.50. The van der Waals surface area contributed by atoms with Crippen LogP contribution in [0.5, 0.6) is 5.75 Å². The Morgan fingerprint density at radius 1 is 1.12 bits per heavy atom. The molecule has 0 spiro atoms. The molecule has 2 N–H and O–H groups in total. The van der Waals surface area contributed by atoms with Crippen LogP contribution in [0.25, 0.3) is 0 Å². The number of amides is 2. The molecule has 2 aliphatic rings. The molecule has 1 fully saturated rings. The highest BCUT2D eigenvalue weighted by Gasteiger charge is 2.34. The van der Waals surface area contributed by atoms with Crippen LogP contribution >= 0.6 is 0 Å². The third-order valence-corrected chi connectivity index (χ3v) is 5.58. The van der Waals surface area contributed by atoms with Crippen molar-refractivity contribution in [3.8, 4) is 5.75 Å². The minimum Gasteiger partial charge on any atom is -0.497 e. The molecule has 0 saturated carbocycles. The van der Waals surface area contributed by atoms with Crippen molar-refractivity contribution in [1.29, 1.82) is 0 Å². The van der Waals surface area contributed by atoms with Gasteiger partial charge in [0.1, 0.15) is 5.75 Å². The van der Waals surface area contributed by atoms with E-state index in [2.05, 4.69) is 30.4 Å². The highest BCUT2D eigenvalue weighted by Crippen LogP contribution is 2.30. The van der Waals surface area contributed by atoms with Gasteiger partial charge in [0.05, 0.1) is 25.8 Å². The van der Waals surface area contributed by atoms with Gasteiger partial charge in [0.15, 0.2) is 0 Å². The fraction of sp³-hybridized carbons (Fsp3) is 0.364. The van der Waals surface area contributed by atoms with Crippen LogP contribution in [-0.2, 0) is 9.53 Å². The predicted octanol–water partition coefficient (Wildman–Crippen LogP) is 1.09. The normalized spacial score (nSPS) is 19.2. The van der Waals surface area contributed by atoms with E-state index < -0.39 is 12.0 Å². The standard InChI is InChI=1S/C22H26N6O4/c1-31-16-6-3-5-15(13-16)19-18(20(29)32-2)17(25-22(30)26-19)14-27-9-11-28(12-10-27)21-23-7-4-8-24-21/h3-8,13,19H,9-12,14H2,1-2H3,(H2,25,26,30)/t19-/m0/s1. The number of hydrogen-bond donors (Lipinski definition) is 2. The average molecular weight is 438 g/mol. The smallest absolute Gasteiger partial charge is 0.338 e. The zero-order chi connectivity index (χ0) is 22.5. The van der Waals surface area contributed by atoms with E-state index in [0.29, 0.717) is 29.5 Å². The van der Waals surface area contributed by atoms with Gasteiger partial charge in [-0.25, -0.2) is 19.6 Å². The van der Waals surface area contributed by atoms with Gasteiger partial charge in [-0.3, -0.25) is 4.90 Å². The number of urea groups is 1. The number of esters is 1. The second-order valence-corrected chi connectivity index (χ2v) is 7.50. The second-order valence-electron chi connectivity index (χ2n) is 7.50. The topological polar surface area (TPSA) is 109 Å². The van der Waals surface area contributed by atoms with Gasteiger partial charge >= 0.3 is 12.0 Å². The van der Waals surface area contributed by atoms with E-state index in [-0.39, 0.29) is 6.03 Å². The van der Waals surface area contributed by atoms with E-state index in [1.165, 1.54) is 7.11 Å². The number of rotatable bonds is 6. The Balaban J connectivity index is 1.56. The van der Waals surface area contributed by atoms with Gasteiger partial charge in [-0.15, -0.1) is 0 Å². The monoisotopic (exact) mass is 438 g/mol. The van der Waals surface area contributed by atoms with Crippen LogP contribution < -0.4 is 20.3 Å². The maximum absolute atomic E-state index is 12.8. The lowest BCUT2D eigenvalue weighted by atomic mass is 9.94. The third kappa shape index (κ3) is 4.65. The number of nitrogens with one attached hydrogen (secondary N) is 2. The number of hydrogen-bond acceptors (Lipinski definition) is 8. The molecule has 10 nitrogen and oxygen atoms in total. The zero-order valence-corrected chi connectivity index (χ0v) is 18.1. The molecule has 1 atom stereocenters. The molecule has 1 saturated heterocycles. The first kappa shape index (κ1) is 21.6. The third-order valence-electron chi connectivity index (χ3n) is 5.58. The van der Waals surface area contributed by atoms with Crippen molar-refractivity contribution in [2.45, 2.75) is 6.04 Å². The van der Waals surface area contributed by atoms with E-state index in [4.69, 9.17) is 9.47 Å². The molecule has 4 rings (SSSR count). The summed E-state index contributed by atoms with van der Waals surface area (Å²) in [7, 11) is 2.91. The summed E-state index contributed by atoms with van der Waals surface area (Å²) in [5.41, 5.74) is 1.66. The van der Waals surface area contributed by atoms with Crippen LogP contribution in [0.3, 0.4) is 0 Å². The number of nitrogens with zero attached hydrogens (tertiary/aromatic N) is 4. The summed E-state index contributed by atoms with van der Waals surface area (Å²) >= 11 is 0. The molecule has 2 aliphatic heterocycles. The minimum atomic E-state index is -0.639. The number of anilines is 1. The SMILES string of the molecule is COC(=O)C1=C(CN2CCN(c3ncccn3)CC2)NC(=O)N[C@H]1c1cccc(OC)c1. The summed E-state index contributed by atoms with van der Waals surface area (Å²) in [5, 5.41) is 5.66. The highest BCUT2D eigenvalue weighted by molar-refractivity contribution is 5.95. The van der Waals surface area contributed by atoms with E-state index >= 15 is 0 Å². The maximum Gasteiger partial charge on any atom is 0.338 e. The number of piperazine rings is 1. The molecule has 2 amide bonds. The molecular weight excluding hydrogens is 412 g/mol. The first-order valence-electron chi connectivity index (χ1n) is 10.4. The van der Waals surface area contributed by atoms with Gasteiger partial charge in [-0.05, 0) is 23.8 Å². The molecule has 0 aliphatic carbocycles. The minimum absolute atomic E-state index is 0.364. The zero-order valence-electron chi connectivity index (χ0n) is 18.1. The van der Waals surface area contributed by atoms with Gasteiger partial charge < -0.3 is 25.0 Å². The van der Waals surface area contributed by atoms with Gasteiger partial charge in [0, 0.05) is 50.8 Å². The number of ether oxygens (including phenoxy) is 2. The molecule has 3 heterocycles. The lowest BCUT2D eigenvalue weighted by Crippen LogP contribution is -2.52. The van der Waals surface area contributed by atoms with E-state index in [1.54, 1.807) is 31.6 Å². The Bertz CT molecular complexity index is 1000. The Morgan fingerprint density at radius 2 is 1.88 bits per heavy atom. The summed E-state index contributed by atoms with van der Waals surface area (Å²) in [5.74, 6) is 0.854. The van der Waals surface area contributed by atoms with Crippen molar-refractivity contribution in [1.82, 2.24) is 25.5 Å². The molecule has 1 aromatic heterocycles. The van der Waals surface area contributed by atoms with Crippen LogP contribution in [0.2, 0.25) is 0 Å². The number of aromatic nitrogens is 2. The number of carbonyl (C=O) groups excluding carboxylic acids is 2. The predicted molar refractivity (Wildman–Crippen MR) is 117 cm³/mol. The lowest BCUT2D eigenvalue weighted by Gasteiger charge is -2.37. The molecule has 0 bridgehead atoms. The summed E-state index contributed by atoms with van der Waals surface area (Å²) in [6, 6.07) is 8.07. The first-order chi connectivity index (χ1) is 15.6. The Labute approximate surface area is 186 Å². The molecule has 1 aromatic carbocycles. The Morgan fingerprint density at radius 3 is 2.56 bits per heavy atom. The first-order valence-corrected chi connectivity index (χ1v) is 10.4. The van der Waals surface area contributed by atoms with Crippen LogP contribution in [-0.4, -0.2) is 73.8 Å². The molecule has 32 heavy (non-hydrogen) atoms. The summed E-state index contributed by atoms with van der Waals surface area (Å²) in [6.45, 7) is 3.39. The van der Waals surface area contributed by atoms with Gasteiger partial charge in [-0.1, -0.05) is 12.1 Å². The average Bonchev–Trinajstić information content (AvgIpc) is 2.84. The van der Waals surface area contributed by atoms with Crippen molar-refractivity contribution in [2.24, 2.45) is 0 Å². The van der Waals surface area contributed by atoms with E-state index in [1.807, 2.05) is 18.2 Å². The largest absolute Gasteiger partial charge is 0.497 e. The van der Waals surface area contributed by atoms with E-state index in [9.17, 15) is 9.59 Å². The summed E-state index contributed by atoms with van der Waals surface area (Å²) in [6.07, 6.45) is 3.46. The highest BCUT2D eigenvalue weighted by atomic mass is 16.5. The fourth-order valence-electron chi connectivity index (χ4n) is 3.95. The molecule has 0 unspecified atom stereocenters. The number of methoxy groups -OCH3 is 2. The quantitative estimate of drug-likeness (QED) is 0.645. The fourth-order valence-corrected chi connectivity index (χ4v) is 3.95. The number of benzene rings is 1.